The summed E-state index contributed by atoms with van der Waals surface area (Å²) < 4.78 is 5.52. The number of carbonyl (C=O) groups excluding carboxylic acids is 1. The minimum atomic E-state index is -0.235. The largest absolute Gasteiger partial charge is 0.421 e. The monoisotopic (exact) mass is 353 g/mol. The molecule has 0 radical (unpaired) electrons. The van der Waals surface area contributed by atoms with Gasteiger partial charge in [-0.2, -0.15) is 0 Å². The summed E-state index contributed by atoms with van der Waals surface area (Å²) in [6.45, 7) is 3.80. The van der Waals surface area contributed by atoms with Gasteiger partial charge in [-0.25, -0.2) is 9.97 Å². The number of aromatic nitrogens is 2. The van der Waals surface area contributed by atoms with Gasteiger partial charge in [-0.1, -0.05) is 37.3 Å². The Morgan fingerprint density at radius 2 is 1.88 bits per heavy atom. The van der Waals surface area contributed by atoms with E-state index in [1.807, 2.05) is 13.8 Å². The first-order chi connectivity index (χ1) is 12.7. The standard InChI is InChI=1S/C21H27N3O2/c1-3-7-19(25)26-20-15(2)22-14-23-21(20)24-18-12-10-17(11-13-18)16-8-5-4-6-9-16/h4-6,8-9,14,17-18H,3,7,10-13H2,1-2H3,(H,22,23,24)/t17-,18+. The number of nitrogens with one attached hydrogen (secondary N) is 1. The molecule has 0 amide bonds. The van der Waals surface area contributed by atoms with E-state index in [0.29, 0.717) is 35.6 Å². The molecule has 0 spiro atoms. The van der Waals surface area contributed by atoms with E-state index in [2.05, 4.69) is 45.6 Å². The predicted octanol–water partition coefficient (Wildman–Crippen LogP) is 4.63. The number of hydrogen-bond acceptors (Lipinski definition) is 5. The number of aryl methyl sites for hydroxylation is 1. The van der Waals surface area contributed by atoms with Crippen molar-refractivity contribution in [2.24, 2.45) is 0 Å². The molecule has 1 aromatic heterocycles. The number of rotatable bonds is 6. The zero-order chi connectivity index (χ0) is 18.4. The van der Waals surface area contributed by atoms with E-state index in [0.717, 1.165) is 32.1 Å². The first kappa shape index (κ1) is 18.4. The van der Waals surface area contributed by atoms with Crippen LogP contribution in [-0.2, 0) is 4.79 Å². The Hall–Kier alpha value is -2.43. The van der Waals surface area contributed by atoms with Gasteiger partial charge in [0.25, 0.3) is 0 Å². The van der Waals surface area contributed by atoms with E-state index in [1.54, 1.807) is 0 Å². The summed E-state index contributed by atoms with van der Waals surface area (Å²) in [6.07, 6.45) is 7.13. The van der Waals surface area contributed by atoms with E-state index < -0.39 is 0 Å². The van der Waals surface area contributed by atoms with Crippen LogP contribution < -0.4 is 10.1 Å². The molecule has 0 bridgehead atoms. The highest BCUT2D eigenvalue weighted by atomic mass is 16.5. The lowest BCUT2D eigenvalue weighted by atomic mass is 9.82. The zero-order valence-electron chi connectivity index (χ0n) is 15.6. The molecular formula is C21H27N3O2. The first-order valence-corrected chi connectivity index (χ1v) is 9.51. The predicted molar refractivity (Wildman–Crippen MR) is 102 cm³/mol. The van der Waals surface area contributed by atoms with Gasteiger partial charge in [0.2, 0.25) is 0 Å². The molecule has 0 unspecified atom stereocenters. The molecule has 0 saturated heterocycles. The van der Waals surface area contributed by atoms with Gasteiger partial charge in [0.15, 0.2) is 11.6 Å². The molecule has 1 N–H and O–H groups in total. The molecule has 26 heavy (non-hydrogen) atoms. The van der Waals surface area contributed by atoms with Crippen molar-refractivity contribution >= 4 is 11.8 Å². The van der Waals surface area contributed by atoms with Gasteiger partial charge in [0, 0.05) is 12.5 Å². The summed E-state index contributed by atoms with van der Waals surface area (Å²) in [7, 11) is 0. The Balaban J connectivity index is 1.63. The van der Waals surface area contributed by atoms with E-state index in [1.165, 1.54) is 11.9 Å². The number of ether oxygens (including phenoxy) is 1. The maximum atomic E-state index is 11.9. The van der Waals surface area contributed by atoms with Crippen molar-refractivity contribution in [3.63, 3.8) is 0 Å². The molecule has 0 atom stereocenters. The Morgan fingerprint density at radius 3 is 2.58 bits per heavy atom. The Bertz CT molecular complexity index is 725. The second-order valence-corrected chi connectivity index (χ2v) is 6.96. The van der Waals surface area contributed by atoms with Crippen LogP contribution in [0.1, 0.15) is 62.6 Å². The van der Waals surface area contributed by atoms with Gasteiger partial charge >= 0.3 is 5.97 Å². The van der Waals surface area contributed by atoms with E-state index >= 15 is 0 Å². The molecule has 2 aromatic rings. The topological polar surface area (TPSA) is 64.1 Å². The van der Waals surface area contributed by atoms with Crippen LogP contribution >= 0.6 is 0 Å². The van der Waals surface area contributed by atoms with Crippen molar-refractivity contribution in [1.82, 2.24) is 9.97 Å². The molecule has 138 valence electrons. The summed E-state index contributed by atoms with van der Waals surface area (Å²) in [6, 6.07) is 11.1. The fourth-order valence-electron chi connectivity index (χ4n) is 3.55. The summed E-state index contributed by atoms with van der Waals surface area (Å²) in [4.78, 5) is 20.4. The number of anilines is 1. The van der Waals surface area contributed by atoms with Gasteiger partial charge in [0.1, 0.15) is 6.33 Å². The fraction of sp³-hybridized carbons (Fsp3) is 0.476. The molecule has 1 aliphatic carbocycles. The average Bonchev–Trinajstić information content (AvgIpc) is 2.66. The maximum Gasteiger partial charge on any atom is 0.311 e. The minimum absolute atomic E-state index is 0.235. The molecular weight excluding hydrogens is 326 g/mol. The van der Waals surface area contributed by atoms with E-state index in [4.69, 9.17) is 4.74 Å². The lowest BCUT2D eigenvalue weighted by molar-refractivity contribution is -0.134. The highest BCUT2D eigenvalue weighted by Crippen LogP contribution is 2.35. The second-order valence-electron chi connectivity index (χ2n) is 6.96. The van der Waals surface area contributed by atoms with Crippen LogP contribution in [0.25, 0.3) is 0 Å². The lowest BCUT2D eigenvalue weighted by Gasteiger charge is -2.30. The zero-order valence-corrected chi connectivity index (χ0v) is 15.6. The molecule has 5 nitrogen and oxygen atoms in total. The number of hydrogen-bond donors (Lipinski definition) is 1. The van der Waals surface area contributed by atoms with Crippen LogP contribution in [0.15, 0.2) is 36.7 Å². The van der Waals surface area contributed by atoms with Crippen molar-refractivity contribution in [1.29, 1.82) is 0 Å². The third-order valence-electron chi connectivity index (χ3n) is 4.99. The number of nitrogens with zero attached hydrogens (tertiary/aromatic N) is 2. The second kappa shape index (κ2) is 8.79. The molecule has 5 heteroatoms. The van der Waals surface area contributed by atoms with Crippen LogP contribution in [0, 0.1) is 6.92 Å². The smallest absolute Gasteiger partial charge is 0.311 e. The minimum Gasteiger partial charge on any atom is -0.421 e. The SMILES string of the molecule is CCCC(=O)Oc1c(C)ncnc1N[C@H]1CC[C@@H](c2ccccc2)CC1. The summed E-state index contributed by atoms with van der Waals surface area (Å²) in [5.41, 5.74) is 2.11. The van der Waals surface area contributed by atoms with Gasteiger partial charge in [-0.15, -0.1) is 0 Å². The van der Waals surface area contributed by atoms with Gasteiger partial charge < -0.3 is 10.1 Å². The Kier molecular flexibility index (Phi) is 6.21. The highest BCUT2D eigenvalue weighted by Gasteiger charge is 2.24. The van der Waals surface area contributed by atoms with Gasteiger partial charge in [0.05, 0.1) is 5.69 Å². The summed E-state index contributed by atoms with van der Waals surface area (Å²) in [5.74, 6) is 1.49. The lowest BCUT2D eigenvalue weighted by Crippen LogP contribution is -2.26. The maximum absolute atomic E-state index is 11.9. The van der Waals surface area contributed by atoms with Crippen LogP contribution in [0.2, 0.25) is 0 Å². The highest BCUT2D eigenvalue weighted by molar-refractivity contribution is 5.74. The molecule has 1 fully saturated rings. The number of benzene rings is 1. The van der Waals surface area contributed by atoms with Gasteiger partial charge in [-0.05, 0) is 50.5 Å². The average molecular weight is 353 g/mol. The molecule has 0 aliphatic heterocycles. The normalized spacial score (nSPS) is 19.8. The summed E-state index contributed by atoms with van der Waals surface area (Å²) in [5, 5.41) is 3.48. The van der Waals surface area contributed by atoms with E-state index in [-0.39, 0.29) is 5.97 Å². The Morgan fingerprint density at radius 1 is 1.15 bits per heavy atom. The van der Waals surface area contributed by atoms with Crippen LogP contribution in [-0.4, -0.2) is 22.0 Å². The quantitative estimate of drug-likeness (QED) is 0.767. The van der Waals surface area contributed by atoms with Gasteiger partial charge in [-0.3, -0.25) is 4.79 Å². The van der Waals surface area contributed by atoms with E-state index in [9.17, 15) is 4.79 Å². The van der Waals surface area contributed by atoms with Crippen LogP contribution in [0.4, 0.5) is 5.82 Å². The molecule has 1 heterocycles. The van der Waals surface area contributed by atoms with Crippen molar-refractivity contribution in [2.75, 3.05) is 5.32 Å². The third-order valence-corrected chi connectivity index (χ3v) is 4.99. The molecule has 1 saturated carbocycles. The van der Waals surface area contributed by atoms with Crippen molar-refractivity contribution in [3.05, 3.63) is 47.9 Å². The van der Waals surface area contributed by atoms with Crippen molar-refractivity contribution < 1.29 is 9.53 Å². The van der Waals surface area contributed by atoms with Crippen molar-refractivity contribution in [3.8, 4) is 5.75 Å². The molecule has 3 rings (SSSR count). The third kappa shape index (κ3) is 4.59. The molecule has 1 aromatic carbocycles. The van der Waals surface area contributed by atoms with Crippen molar-refractivity contribution in [2.45, 2.75) is 64.3 Å². The first-order valence-electron chi connectivity index (χ1n) is 9.51. The fourth-order valence-corrected chi connectivity index (χ4v) is 3.55. The van der Waals surface area contributed by atoms with Crippen LogP contribution in [0.3, 0.4) is 0 Å². The molecule has 1 aliphatic rings. The number of carbonyl (C=O) groups is 1. The summed E-state index contributed by atoms with van der Waals surface area (Å²) >= 11 is 0. The van der Waals surface area contributed by atoms with Crippen LogP contribution in [0.5, 0.6) is 5.75 Å². The Labute approximate surface area is 155 Å². The number of esters is 1.